The summed E-state index contributed by atoms with van der Waals surface area (Å²) in [5.74, 6) is 1.84. The lowest BCUT2D eigenvalue weighted by molar-refractivity contribution is 0.101. The molecule has 1 aliphatic rings. The molecule has 6 nitrogen and oxygen atoms in total. The van der Waals surface area contributed by atoms with Crippen molar-refractivity contribution < 1.29 is 9.53 Å². The summed E-state index contributed by atoms with van der Waals surface area (Å²) < 4.78 is 5.47. The molecule has 7 heteroatoms. The molecule has 0 aliphatic carbocycles. The molecule has 0 bridgehead atoms. The zero-order chi connectivity index (χ0) is 21.1. The first-order valence-corrected chi connectivity index (χ1v) is 10.9. The molecule has 1 aromatic carbocycles. The third kappa shape index (κ3) is 4.52. The van der Waals surface area contributed by atoms with E-state index in [0.717, 1.165) is 59.6 Å². The lowest BCUT2D eigenvalue weighted by Gasteiger charge is -2.33. The van der Waals surface area contributed by atoms with Gasteiger partial charge in [-0.2, -0.15) is 0 Å². The summed E-state index contributed by atoms with van der Waals surface area (Å²) >= 11 is 1.61. The van der Waals surface area contributed by atoms with E-state index in [1.165, 1.54) is 0 Å². The molecule has 1 saturated heterocycles. The third-order valence-electron chi connectivity index (χ3n) is 5.45. The number of aromatic nitrogens is 2. The van der Waals surface area contributed by atoms with E-state index in [2.05, 4.69) is 39.3 Å². The van der Waals surface area contributed by atoms with Crippen molar-refractivity contribution in [3.8, 4) is 17.0 Å². The predicted octanol–water partition coefficient (Wildman–Crippen LogP) is 3.76. The smallest absolute Gasteiger partial charge is 0.159 e. The predicted molar refractivity (Wildman–Crippen MR) is 121 cm³/mol. The van der Waals surface area contributed by atoms with Gasteiger partial charge in [-0.1, -0.05) is 0 Å². The van der Waals surface area contributed by atoms with Crippen LogP contribution in [0.25, 0.3) is 11.3 Å². The Morgan fingerprint density at radius 2 is 1.97 bits per heavy atom. The number of hydrogen-bond donors (Lipinski definition) is 0. The fourth-order valence-corrected chi connectivity index (χ4v) is 4.41. The molecule has 156 valence electrons. The number of ether oxygens (including phenoxy) is 1. The van der Waals surface area contributed by atoms with Crippen LogP contribution < -0.4 is 9.64 Å². The highest BCUT2D eigenvalue weighted by atomic mass is 32.1. The minimum absolute atomic E-state index is 0.0465. The maximum atomic E-state index is 11.7. The van der Waals surface area contributed by atoms with Gasteiger partial charge in [-0.25, -0.2) is 9.97 Å². The molecule has 1 fully saturated rings. The summed E-state index contributed by atoms with van der Waals surface area (Å²) in [6.07, 6.45) is 2.53. The van der Waals surface area contributed by atoms with Gasteiger partial charge >= 0.3 is 0 Å². The van der Waals surface area contributed by atoms with Crippen LogP contribution in [0.1, 0.15) is 27.9 Å². The van der Waals surface area contributed by atoms with E-state index in [1.807, 2.05) is 18.3 Å². The maximum absolute atomic E-state index is 11.7. The van der Waals surface area contributed by atoms with Crippen LogP contribution in [0.15, 0.2) is 41.9 Å². The van der Waals surface area contributed by atoms with Crippen LogP contribution in [0.5, 0.6) is 5.75 Å². The SMILES string of the molecule is COc1ccc(C(C)=O)cc1Cc1nc(-c2ccc(N3CCN(C)CC3)nc2)cs1. The average molecular weight is 423 g/mol. The third-order valence-corrected chi connectivity index (χ3v) is 6.30. The summed E-state index contributed by atoms with van der Waals surface area (Å²) in [6, 6.07) is 9.72. The van der Waals surface area contributed by atoms with Gasteiger partial charge in [0, 0.05) is 60.9 Å². The Hall–Kier alpha value is -2.77. The fraction of sp³-hybridized carbons (Fsp3) is 0.348. The Bertz CT molecular complexity index is 1020. The molecule has 0 radical (unpaired) electrons. The van der Waals surface area contributed by atoms with Crippen LogP contribution in [-0.4, -0.2) is 61.0 Å². The number of piperazine rings is 1. The monoisotopic (exact) mass is 422 g/mol. The number of benzene rings is 1. The van der Waals surface area contributed by atoms with Crippen molar-refractivity contribution in [2.75, 3.05) is 45.2 Å². The molecule has 0 amide bonds. The molecular weight excluding hydrogens is 396 g/mol. The highest BCUT2D eigenvalue weighted by molar-refractivity contribution is 7.10. The van der Waals surface area contributed by atoms with Gasteiger partial charge in [0.1, 0.15) is 11.6 Å². The van der Waals surface area contributed by atoms with Crippen molar-refractivity contribution in [3.63, 3.8) is 0 Å². The highest BCUT2D eigenvalue weighted by Crippen LogP contribution is 2.28. The Balaban J connectivity index is 1.49. The molecule has 0 spiro atoms. The number of likely N-dealkylation sites (N-methyl/N-ethyl adjacent to an activating group) is 1. The maximum Gasteiger partial charge on any atom is 0.159 e. The summed E-state index contributed by atoms with van der Waals surface area (Å²) in [5, 5.41) is 3.04. The molecule has 0 atom stereocenters. The van der Waals surface area contributed by atoms with Crippen molar-refractivity contribution in [1.82, 2.24) is 14.9 Å². The van der Waals surface area contributed by atoms with Gasteiger partial charge in [0.15, 0.2) is 5.78 Å². The van der Waals surface area contributed by atoms with Crippen LogP contribution in [0.4, 0.5) is 5.82 Å². The fourth-order valence-electron chi connectivity index (χ4n) is 3.58. The Kier molecular flexibility index (Phi) is 6.11. The number of ketones is 1. The molecule has 30 heavy (non-hydrogen) atoms. The second-order valence-electron chi connectivity index (χ2n) is 7.58. The zero-order valence-corrected chi connectivity index (χ0v) is 18.4. The van der Waals surface area contributed by atoms with Crippen molar-refractivity contribution in [2.24, 2.45) is 0 Å². The van der Waals surface area contributed by atoms with Crippen molar-refractivity contribution in [2.45, 2.75) is 13.3 Å². The van der Waals surface area contributed by atoms with E-state index < -0.39 is 0 Å². The summed E-state index contributed by atoms with van der Waals surface area (Å²) in [4.78, 5) is 25.9. The number of carbonyl (C=O) groups is 1. The minimum atomic E-state index is 0.0465. The Morgan fingerprint density at radius 1 is 1.17 bits per heavy atom. The topological polar surface area (TPSA) is 58.6 Å². The van der Waals surface area contributed by atoms with Crippen LogP contribution >= 0.6 is 11.3 Å². The minimum Gasteiger partial charge on any atom is -0.496 e. The first-order valence-electron chi connectivity index (χ1n) is 10.1. The molecule has 3 aromatic rings. The van der Waals surface area contributed by atoms with Crippen molar-refractivity contribution in [3.05, 3.63) is 58.0 Å². The molecule has 1 aliphatic heterocycles. The summed E-state index contributed by atoms with van der Waals surface area (Å²) in [6.45, 7) is 5.71. The Labute approximate surface area is 181 Å². The zero-order valence-electron chi connectivity index (χ0n) is 17.6. The number of hydrogen-bond acceptors (Lipinski definition) is 7. The first-order chi connectivity index (χ1) is 14.5. The largest absolute Gasteiger partial charge is 0.496 e. The van der Waals surface area contributed by atoms with Gasteiger partial charge in [-0.05, 0) is 44.3 Å². The molecular formula is C23H26N4O2S. The van der Waals surface area contributed by atoms with E-state index in [-0.39, 0.29) is 5.78 Å². The number of rotatable bonds is 6. The van der Waals surface area contributed by atoms with Gasteiger partial charge in [0.25, 0.3) is 0 Å². The number of anilines is 1. The van der Waals surface area contributed by atoms with Gasteiger partial charge in [-0.3, -0.25) is 4.79 Å². The van der Waals surface area contributed by atoms with Gasteiger partial charge in [0.2, 0.25) is 0 Å². The highest BCUT2D eigenvalue weighted by Gasteiger charge is 2.16. The molecule has 0 saturated carbocycles. The molecule has 0 N–H and O–H groups in total. The number of nitrogens with zero attached hydrogens (tertiary/aromatic N) is 4. The molecule has 2 aromatic heterocycles. The summed E-state index contributed by atoms with van der Waals surface area (Å²) in [7, 11) is 3.80. The van der Waals surface area contributed by atoms with E-state index in [9.17, 15) is 4.79 Å². The number of Topliss-reactive ketones (excluding diaryl/α,β-unsaturated/α-hetero) is 1. The molecule has 4 rings (SSSR count). The first kappa shape index (κ1) is 20.5. The normalized spacial score (nSPS) is 14.7. The van der Waals surface area contributed by atoms with Gasteiger partial charge in [0.05, 0.1) is 17.8 Å². The standard InChI is InChI=1S/C23H26N4O2S/c1-16(28)17-4-6-21(29-3)19(12-17)13-23-25-20(15-30-23)18-5-7-22(24-14-18)27-10-8-26(2)9-11-27/h4-7,12,14-15H,8-11,13H2,1-3H3. The van der Waals surface area contributed by atoms with E-state index in [1.54, 1.807) is 31.4 Å². The average Bonchev–Trinajstić information content (AvgIpc) is 3.23. The van der Waals surface area contributed by atoms with Crippen molar-refractivity contribution in [1.29, 1.82) is 0 Å². The van der Waals surface area contributed by atoms with E-state index in [4.69, 9.17) is 9.72 Å². The van der Waals surface area contributed by atoms with Gasteiger partial charge < -0.3 is 14.5 Å². The van der Waals surface area contributed by atoms with Gasteiger partial charge in [-0.15, -0.1) is 11.3 Å². The second kappa shape index (κ2) is 8.93. The molecule has 3 heterocycles. The number of carbonyl (C=O) groups excluding carboxylic acids is 1. The van der Waals surface area contributed by atoms with Crippen molar-refractivity contribution >= 4 is 22.9 Å². The lowest BCUT2D eigenvalue weighted by atomic mass is 10.0. The number of pyridine rings is 1. The van der Waals surface area contributed by atoms with Crippen LogP contribution in [0.2, 0.25) is 0 Å². The van der Waals surface area contributed by atoms with Crippen LogP contribution in [0, 0.1) is 0 Å². The Morgan fingerprint density at radius 3 is 2.63 bits per heavy atom. The lowest BCUT2D eigenvalue weighted by Crippen LogP contribution is -2.44. The number of methoxy groups -OCH3 is 1. The quantitative estimate of drug-likeness (QED) is 0.564. The van der Waals surface area contributed by atoms with E-state index >= 15 is 0 Å². The number of thiazole rings is 1. The summed E-state index contributed by atoms with van der Waals surface area (Å²) in [5.41, 5.74) is 3.59. The van der Waals surface area contributed by atoms with Crippen LogP contribution in [-0.2, 0) is 6.42 Å². The molecule has 0 unspecified atom stereocenters. The van der Waals surface area contributed by atoms with Crippen LogP contribution in [0.3, 0.4) is 0 Å². The van der Waals surface area contributed by atoms with E-state index in [0.29, 0.717) is 12.0 Å². The second-order valence-corrected chi connectivity index (χ2v) is 8.52.